The molecule has 0 bridgehead atoms. The lowest BCUT2D eigenvalue weighted by Gasteiger charge is -2.40. The molecule has 1 aliphatic carbocycles. The monoisotopic (exact) mass is 236 g/mol. The molecule has 1 N–H and O–H groups in total. The number of rotatable bonds is 3. The Balaban J connectivity index is 2.38. The van der Waals surface area contributed by atoms with Crippen molar-refractivity contribution in [2.24, 2.45) is 5.92 Å². The third kappa shape index (κ3) is 2.13. The Morgan fingerprint density at radius 1 is 1.53 bits per heavy atom. The maximum absolute atomic E-state index is 11.1. The molecule has 0 radical (unpaired) electrons. The van der Waals surface area contributed by atoms with Crippen molar-refractivity contribution < 1.29 is 5.11 Å². The van der Waals surface area contributed by atoms with Gasteiger partial charge in [0.25, 0.3) is 0 Å². The normalized spacial score (nSPS) is 29.8. The van der Waals surface area contributed by atoms with E-state index in [2.05, 4.69) is 25.9 Å². The zero-order valence-electron chi connectivity index (χ0n) is 11.2. The molecule has 1 aliphatic rings. The van der Waals surface area contributed by atoms with Gasteiger partial charge in [0.15, 0.2) is 0 Å². The zero-order valence-corrected chi connectivity index (χ0v) is 11.2. The largest absolute Gasteiger partial charge is 0.383 e. The van der Waals surface area contributed by atoms with E-state index in [4.69, 9.17) is 0 Å². The molecular weight excluding hydrogens is 212 g/mol. The summed E-state index contributed by atoms with van der Waals surface area (Å²) in [5, 5.41) is 15.4. The predicted molar refractivity (Wildman–Crippen MR) is 68.8 cm³/mol. The molecule has 1 fully saturated rings. The van der Waals surface area contributed by atoms with Gasteiger partial charge >= 0.3 is 0 Å². The topological polar surface area (TPSA) is 38.1 Å². The van der Waals surface area contributed by atoms with E-state index in [9.17, 15) is 5.11 Å². The number of nitrogens with zero attached hydrogens (tertiary/aromatic N) is 2. The van der Waals surface area contributed by atoms with Crippen molar-refractivity contribution in [2.75, 3.05) is 0 Å². The van der Waals surface area contributed by atoms with Gasteiger partial charge in [0, 0.05) is 12.2 Å². The Morgan fingerprint density at radius 2 is 2.29 bits per heavy atom. The second kappa shape index (κ2) is 4.81. The quantitative estimate of drug-likeness (QED) is 0.874. The van der Waals surface area contributed by atoms with Crippen molar-refractivity contribution in [3.63, 3.8) is 0 Å². The highest BCUT2D eigenvalue weighted by atomic mass is 16.3. The lowest BCUT2D eigenvalue weighted by Crippen LogP contribution is -2.40. The van der Waals surface area contributed by atoms with Gasteiger partial charge in [-0.2, -0.15) is 5.10 Å². The van der Waals surface area contributed by atoms with Crippen molar-refractivity contribution in [2.45, 2.75) is 64.5 Å². The highest BCUT2D eigenvalue weighted by Gasteiger charge is 2.41. The van der Waals surface area contributed by atoms with Gasteiger partial charge in [0.05, 0.1) is 5.69 Å². The standard InChI is InChI=1S/C14H24N2O/c1-4-12-7-5-6-9-14(12,17)13-8-10-15-16(13)11(2)3/h8,10-12,17H,4-7,9H2,1-3H3. The van der Waals surface area contributed by atoms with E-state index < -0.39 is 5.60 Å². The Bertz CT molecular complexity index is 372. The fourth-order valence-corrected chi connectivity index (χ4v) is 3.18. The number of hydrogen-bond acceptors (Lipinski definition) is 2. The van der Waals surface area contributed by atoms with Crippen molar-refractivity contribution in [1.82, 2.24) is 9.78 Å². The Hall–Kier alpha value is -0.830. The Morgan fingerprint density at radius 3 is 2.94 bits per heavy atom. The first kappa shape index (κ1) is 12.6. The molecule has 0 saturated heterocycles. The molecule has 3 nitrogen and oxygen atoms in total. The number of aromatic nitrogens is 2. The van der Waals surface area contributed by atoms with Gasteiger partial charge in [-0.25, -0.2) is 0 Å². The summed E-state index contributed by atoms with van der Waals surface area (Å²) < 4.78 is 1.98. The predicted octanol–water partition coefficient (Wildman–Crippen LogP) is 3.25. The van der Waals surface area contributed by atoms with Crippen LogP contribution in [0.4, 0.5) is 0 Å². The van der Waals surface area contributed by atoms with Crippen LogP contribution in [0.3, 0.4) is 0 Å². The minimum atomic E-state index is -0.659. The average molecular weight is 236 g/mol. The van der Waals surface area contributed by atoms with E-state index in [1.54, 1.807) is 0 Å². The molecule has 17 heavy (non-hydrogen) atoms. The van der Waals surface area contributed by atoms with Gasteiger partial charge in [-0.05, 0) is 38.7 Å². The maximum atomic E-state index is 11.1. The Kier molecular flexibility index (Phi) is 3.57. The average Bonchev–Trinajstić information content (AvgIpc) is 2.79. The molecule has 1 saturated carbocycles. The number of hydrogen-bond donors (Lipinski definition) is 1. The van der Waals surface area contributed by atoms with Gasteiger partial charge in [0.2, 0.25) is 0 Å². The third-order valence-corrected chi connectivity index (χ3v) is 4.13. The second-order valence-corrected chi connectivity index (χ2v) is 5.53. The molecule has 0 spiro atoms. The molecule has 0 amide bonds. The highest BCUT2D eigenvalue weighted by Crippen LogP contribution is 2.43. The lowest BCUT2D eigenvalue weighted by atomic mass is 9.72. The Labute approximate surface area is 104 Å². The van der Waals surface area contributed by atoms with Gasteiger partial charge in [-0.3, -0.25) is 4.68 Å². The van der Waals surface area contributed by atoms with Crippen molar-refractivity contribution in [1.29, 1.82) is 0 Å². The molecule has 0 aromatic carbocycles. The summed E-state index contributed by atoms with van der Waals surface area (Å²) in [5.41, 5.74) is 0.354. The van der Waals surface area contributed by atoms with Crippen LogP contribution in [0.25, 0.3) is 0 Å². The van der Waals surface area contributed by atoms with E-state index in [-0.39, 0.29) is 0 Å². The summed E-state index contributed by atoms with van der Waals surface area (Å²) in [6.45, 7) is 6.41. The van der Waals surface area contributed by atoms with Crippen LogP contribution >= 0.6 is 0 Å². The van der Waals surface area contributed by atoms with Gasteiger partial charge < -0.3 is 5.11 Å². The fourth-order valence-electron chi connectivity index (χ4n) is 3.18. The SMILES string of the molecule is CCC1CCCCC1(O)c1ccnn1C(C)C. The van der Waals surface area contributed by atoms with Crippen LogP contribution in [0.5, 0.6) is 0 Å². The fraction of sp³-hybridized carbons (Fsp3) is 0.786. The molecule has 1 aromatic rings. The van der Waals surface area contributed by atoms with Crippen molar-refractivity contribution in [3.05, 3.63) is 18.0 Å². The molecule has 96 valence electrons. The van der Waals surface area contributed by atoms with Crippen molar-refractivity contribution >= 4 is 0 Å². The molecule has 2 rings (SSSR count). The van der Waals surface area contributed by atoms with Crippen molar-refractivity contribution in [3.8, 4) is 0 Å². The van der Waals surface area contributed by atoms with E-state index in [1.807, 2.05) is 16.9 Å². The first-order valence-corrected chi connectivity index (χ1v) is 6.86. The first-order valence-electron chi connectivity index (χ1n) is 6.86. The highest BCUT2D eigenvalue weighted by molar-refractivity contribution is 5.15. The van der Waals surface area contributed by atoms with Crippen LogP contribution in [0.15, 0.2) is 12.3 Å². The summed E-state index contributed by atoms with van der Waals surface area (Å²) in [7, 11) is 0. The molecule has 2 atom stereocenters. The summed E-state index contributed by atoms with van der Waals surface area (Å²) in [5.74, 6) is 0.380. The summed E-state index contributed by atoms with van der Waals surface area (Å²) in [6.07, 6.45) is 7.24. The maximum Gasteiger partial charge on any atom is 0.109 e. The van der Waals surface area contributed by atoms with E-state index >= 15 is 0 Å². The van der Waals surface area contributed by atoms with Crippen LogP contribution < -0.4 is 0 Å². The first-order chi connectivity index (χ1) is 8.09. The van der Waals surface area contributed by atoms with E-state index in [0.29, 0.717) is 12.0 Å². The minimum Gasteiger partial charge on any atom is -0.383 e. The van der Waals surface area contributed by atoms with Gasteiger partial charge in [-0.1, -0.05) is 26.2 Å². The molecule has 1 heterocycles. The zero-order chi connectivity index (χ0) is 12.5. The molecule has 2 unspecified atom stereocenters. The van der Waals surface area contributed by atoms with Gasteiger partial charge in [0.1, 0.15) is 5.60 Å². The van der Waals surface area contributed by atoms with Crippen LogP contribution in [0.2, 0.25) is 0 Å². The van der Waals surface area contributed by atoms with E-state index in [1.165, 1.54) is 6.42 Å². The van der Waals surface area contributed by atoms with Gasteiger partial charge in [-0.15, -0.1) is 0 Å². The van der Waals surface area contributed by atoms with Crippen LogP contribution in [-0.2, 0) is 5.60 Å². The summed E-state index contributed by atoms with van der Waals surface area (Å²) in [4.78, 5) is 0. The molecule has 1 aromatic heterocycles. The second-order valence-electron chi connectivity index (χ2n) is 5.53. The molecule has 0 aliphatic heterocycles. The van der Waals surface area contributed by atoms with Crippen LogP contribution in [-0.4, -0.2) is 14.9 Å². The van der Waals surface area contributed by atoms with Crippen LogP contribution in [0.1, 0.15) is 64.6 Å². The smallest absolute Gasteiger partial charge is 0.109 e. The third-order valence-electron chi connectivity index (χ3n) is 4.13. The minimum absolute atomic E-state index is 0.309. The summed E-state index contributed by atoms with van der Waals surface area (Å²) in [6, 6.07) is 2.30. The molecule has 3 heteroatoms. The van der Waals surface area contributed by atoms with E-state index in [0.717, 1.165) is 31.4 Å². The molecular formula is C14H24N2O. The lowest BCUT2D eigenvalue weighted by molar-refractivity contribution is -0.0632. The summed E-state index contributed by atoms with van der Waals surface area (Å²) >= 11 is 0. The van der Waals surface area contributed by atoms with Crippen LogP contribution in [0, 0.1) is 5.92 Å². The number of aliphatic hydroxyl groups is 1.